The number of aromatic hydroxyl groups is 1. The Labute approximate surface area is 137 Å². The van der Waals surface area contributed by atoms with Gasteiger partial charge in [-0.15, -0.1) is 4.91 Å². The first-order chi connectivity index (χ1) is 11.6. The highest BCUT2D eigenvalue weighted by Crippen LogP contribution is 2.27. The molecule has 0 heterocycles. The number of carbonyl (C=O) groups excluding carboxylic acids is 1. The highest BCUT2D eigenvalue weighted by atomic mass is 16.5. The number of methoxy groups -OCH3 is 2. The van der Waals surface area contributed by atoms with E-state index in [0.29, 0.717) is 17.1 Å². The maximum atomic E-state index is 12.1. The molecular weight excluding hydrogens is 314 g/mol. The summed E-state index contributed by atoms with van der Waals surface area (Å²) >= 11 is 0. The number of hydrazone groups is 1. The van der Waals surface area contributed by atoms with Crippen LogP contribution in [0.3, 0.4) is 0 Å². The van der Waals surface area contributed by atoms with Gasteiger partial charge >= 0.3 is 0 Å². The molecule has 1 amide bonds. The second-order valence-electron chi connectivity index (χ2n) is 4.60. The van der Waals surface area contributed by atoms with Crippen LogP contribution in [0.5, 0.6) is 17.2 Å². The highest BCUT2D eigenvalue weighted by molar-refractivity contribution is 5.95. The lowest BCUT2D eigenvalue weighted by molar-refractivity contribution is 0.0954. The van der Waals surface area contributed by atoms with Gasteiger partial charge in [0.1, 0.15) is 11.4 Å². The van der Waals surface area contributed by atoms with Gasteiger partial charge in [0.15, 0.2) is 11.5 Å². The Morgan fingerprint density at radius 3 is 2.54 bits per heavy atom. The fourth-order valence-corrected chi connectivity index (χ4v) is 1.90. The summed E-state index contributed by atoms with van der Waals surface area (Å²) in [7, 11) is 2.96. The van der Waals surface area contributed by atoms with Crippen molar-refractivity contribution < 1.29 is 19.4 Å². The molecule has 0 radical (unpaired) electrons. The summed E-state index contributed by atoms with van der Waals surface area (Å²) in [6, 6.07) is 8.69. The molecule has 0 aliphatic rings. The summed E-state index contributed by atoms with van der Waals surface area (Å²) < 4.78 is 10.2. The predicted octanol–water partition coefficient (Wildman–Crippen LogP) is 2.57. The van der Waals surface area contributed by atoms with E-state index in [4.69, 9.17) is 9.47 Å². The summed E-state index contributed by atoms with van der Waals surface area (Å²) in [6.07, 6.45) is 1.21. The lowest BCUT2D eigenvalue weighted by Crippen LogP contribution is -2.17. The van der Waals surface area contributed by atoms with E-state index in [0.717, 1.165) is 0 Å². The van der Waals surface area contributed by atoms with Gasteiger partial charge in [0.2, 0.25) is 0 Å². The van der Waals surface area contributed by atoms with Crippen LogP contribution < -0.4 is 14.9 Å². The molecule has 0 fully saturated rings. The molecule has 2 aromatic rings. The van der Waals surface area contributed by atoms with Crippen LogP contribution in [0, 0.1) is 4.91 Å². The smallest absolute Gasteiger partial charge is 0.271 e. The van der Waals surface area contributed by atoms with Crippen molar-refractivity contribution in [2.45, 2.75) is 0 Å². The Morgan fingerprint density at radius 2 is 1.88 bits per heavy atom. The largest absolute Gasteiger partial charge is 0.507 e. The summed E-state index contributed by atoms with van der Waals surface area (Å²) in [4.78, 5) is 22.5. The molecular formula is C16H15N3O5. The Bertz CT molecular complexity index is 789. The molecule has 0 spiro atoms. The predicted molar refractivity (Wildman–Crippen MR) is 88.2 cm³/mol. The fraction of sp³-hybridized carbons (Fsp3) is 0.125. The average molecular weight is 329 g/mol. The van der Waals surface area contributed by atoms with Crippen LogP contribution in [0.4, 0.5) is 5.69 Å². The molecule has 2 aromatic carbocycles. The molecule has 0 saturated heterocycles. The number of rotatable bonds is 6. The van der Waals surface area contributed by atoms with E-state index in [1.807, 2.05) is 0 Å². The number of phenols is 1. The topological polar surface area (TPSA) is 110 Å². The molecule has 0 saturated carbocycles. The van der Waals surface area contributed by atoms with Gasteiger partial charge in [0.25, 0.3) is 5.91 Å². The van der Waals surface area contributed by atoms with Gasteiger partial charge in [0, 0.05) is 11.1 Å². The van der Waals surface area contributed by atoms with Gasteiger partial charge in [-0.05, 0) is 41.6 Å². The minimum atomic E-state index is -0.476. The summed E-state index contributed by atoms with van der Waals surface area (Å²) in [5.74, 6) is 0.347. The molecule has 24 heavy (non-hydrogen) atoms. The standard InChI is InChI=1S/C16H15N3O5/c1-23-14-6-3-10(8-15(14)24-2)16(21)18-17-9-11-7-12(19-22)4-5-13(11)20/h3-9,20H,1-2H3,(H,18,21). The van der Waals surface area contributed by atoms with Gasteiger partial charge < -0.3 is 14.6 Å². The van der Waals surface area contributed by atoms with Crippen LogP contribution in [0.1, 0.15) is 15.9 Å². The maximum Gasteiger partial charge on any atom is 0.271 e. The normalized spacial score (nSPS) is 10.4. The van der Waals surface area contributed by atoms with Crippen LogP contribution in [0.15, 0.2) is 46.7 Å². The summed E-state index contributed by atoms with van der Waals surface area (Å²) in [5.41, 5.74) is 3.02. The molecule has 2 rings (SSSR count). The van der Waals surface area contributed by atoms with E-state index in [2.05, 4.69) is 15.7 Å². The zero-order chi connectivity index (χ0) is 17.5. The molecule has 0 aromatic heterocycles. The van der Waals surface area contributed by atoms with Crippen LogP contribution in [-0.4, -0.2) is 31.4 Å². The number of phenolic OH excluding ortho intramolecular Hbond substituents is 1. The lowest BCUT2D eigenvalue weighted by Gasteiger charge is -2.08. The third-order valence-electron chi connectivity index (χ3n) is 3.13. The van der Waals surface area contributed by atoms with E-state index in [1.54, 1.807) is 12.1 Å². The van der Waals surface area contributed by atoms with Crippen molar-refractivity contribution in [3.63, 3.8) is 0 Å². The van der Waals surface area contributed by atoms with Crippen molar-refractivity contribution in [2.75, 3.05) is 14.2 Å². The number of amides is 1. The Morgan fingerprint density at radius 1 is 1.12 bits per heavy atom. The van der Waals surface area contributed by atoms with Crippen LogP contribution in [0.25, 0.3) is 0 Å². The van der Waals surface area contributed by atoms with Gasteiger partial charge in [-0.1, -0.05) is 0 Å². The lowest BCUT2D eigenvalue weighted by atomic mass is 10.2. The summed E-state index contributed by atoms with van der Waals surface area (Å²) in [6.45, 7) is 0. The molecule has 0 aliphatic heterocycles. The number of hydrogen-bond donors (Lipinski definition) is 2. The van der Waals surface area contributed by atoms with Gasteiger partial charge in [-0.3, -0.25) is 4.79 Å². The van der Waals surface area contributed by atoms with Crippen molar-refractivity contribution >= 4 is 17.8 Å². The monoisotopic (exact) mass is 329 g/mol. The number of ether oxygens (including phenoxy) is 2. The zero-order valence-corrected chi connectivity index (χ0v) is 13.0. The van der Waals surface area contributed by atoms with Crippen LogP contribution in [-0.2, 0) is 0 Å². The highest BCUT2D eigenvalue weighted by Gasteiger charge is 2.10. The fourth-order valence-electron chi connectivity index (χ4n) is 1.90. The van der Waals surface area contributed by atoms with Gasteiger partial charge in [-0.2, -0.15) is 5.10 Å². The van der Waals surface area contributed by atoms with Crippen molar-refractivity contribution in [1.82, 2.24) is 5.43 Å². The Hall–Kier alpha value is -3.42. The number of nitrogens with one attached hydrogen (secondary N) is 1. The van der Waals surface area contributed by atoms with Crippen molar-refractivity contribution in [2.24, 2.45) is 10.3 Å². The number of nitroso groups, excluding NO2 is 1. The third-order valence-corrected chi connectivity index (χ3v) is 3.13. The van der Waals surface area contributed by atoms with E-state index >= 15 is 0 Å². The molecule has 8 nitrogen and oxygen atoms in total. The molecule has 8 heteroatoms. The molecule has 0 aliphatic carbocycles. The van der Waals surface area contributed by atoms with Crippen LogP contribution >= 0.6 is 0 Å². The van der Waals surface area contributed by atoms with E-state index in [1.165, 1.54) is 44.7 Å². The minimum absolute atomic E-state index is 0.0912. The SMILES string of the molecule is COc1ccc(C(=O)NN=Cc2cc(N=O)ccc2O)cc1OC. The first-order valence-corrected chi connectivity index (χ1v) is 6.81. The number of hydrogen-bond acceptors (Lipinski definition) is 7. The second-order valence-corrected chi connectivity index (χ2v) is 4.60. The molecule has 0 unspecified atom stereocenters. The summed E-state index contributed by atoms with van der Waals surface area (Å²) in [5, 5.41) is 16.2. The van der Waals surface area contributed by atoms with E-state index in [9.17, 15) is 14.8 Å². The first kappa shape index (κ1) is 16.9. The Balaban J connectivity index is 2.12. The molecule has 0 bridgehead atoms. The Kier molecular flexibility index (Phi) is 5.45. The third kappa shape index (κ3) is 3.86. The molecule has 0 atom stereocenters. The molecule has 2 N–H and O–H groups in total. The van der Waals surface area contributed by atoms with E-state index < -0.39 is 5.91 Å². The van der Waals surface area contributed by atoms with Gasteiger partial charge in [-0.25, -0.2) is 5.43 Å². The first-order valence-electron chi connectivity index (χ1n) is 6.81. The van der Waals surface area contributed by atoms with Crippen molar-refractivity contribution in [3.8, 4) is 17.2 Å². The second kappa shape index (κ2) is 7.73. The zero-order valence-electron chi connectivity index (χ0n) is 13.0. The van der Waals surface area contributed by atoms with E-state index in [-0.39, 0.29) is 17.0 Å². The number of nitrogens with zero attached hydrogens (tertiary/aromatic N) is 2. The average Bonchev–Trinajstić information content (AvgIpc) is 2.62. The number of benzene rings is 2. The number of carbonyl (C=O) groups is 1. The van der Waals surface area contributed by atoms with Crippen LogP contribution in [0.2, 0.25) is 0 Å². The molecule has 124 valence electrons. The quantitative estimate of drug-likeness (QED) is 0.481. The van der Waals surface area contributed by atoms with Gasteiger partial charge in [0.05, 0.1) is 20.4 Å². The maximum absolute atomic E-state index is 12.1. The van der Waals surface area contributed by atoms with Crippen molar-refractivity contribution in [3.05, 3.63) is 52.4 Å². The van der Waals surface area contributed by atoms with Crippen molar-refractivity contribution in [1.29, 1.82) is 0 Å². The minimum Gasteiger partial charge on any atom is -0.507 e.